The number of nitrogens with one attached hydrogen (secondary N) is 1. The summed E-state index contributed by atoms with van der Waals surface area (Å²) in [4.78, 5) is 11.4. The van der Waals surface area contributed by atoms with Crippen molar-refractivity contribution in [3.63, 3.8) is 0 Å². The average molecular weight is 281 g/mol. The highest BCUT2D eigenvalue weighted by Gasteiger charge is 2.41. The predicted octanol–water partition coefficient (Wildman–Crippen LogP) is 4.14. The lowest BCUT2D eigenvalue weighted by Gasteiger charge is -2.21. The first kappa shape index (κ1) is 12.7. The third kappa shape index (κ3) is 2.37. The molecule has 0 aliphatic heterocycles. The quantitative estimate of drug-likeness (QED) is 0.866. The molecule has 108 valence electrons. The van der Waals surface area contributed by atoms with Gasteiger partial charge in [-0.05, 0) is 55.0 Å². The minimum Gasteiger partial charge on any atom is -0.478 e. The Hall–Kier alpha value is -2.03. The van der Waals surface area contributed by atoms with Crippen molar-refractivity contribution in [2.24, 2.45) is 11.8 Å². The molecule has 4 rings (SSSR count). The summed E-state index contributed by atoms with van der Waals surface area (Å²) >= 11 is 0. The van der Waals surface area contributed by atoms with Crippen molar-refractivity contribution in [2.75, 3.05) is 5.32 Å². The topological polar surface area (TPSA) is 49.3 Å². The van der Waals surface area contributed by atoms with Crippen LogP contribution in [0.15, 0.2) is 36.4 Å². The minimum absolute atomic E-state index is 0.380. The van der Waals surface area contributed by atoms with Crippen LogP contribution >= 0.6 is 0 Å². The normalized spacial score (nSPS) is 18.1. The van der Waals surface area contributed by atoms with Crippen LogP contribution in [0, 0.1) is 11.8 Å². The molecule has 0 amide bonds. The van der Waals surface area contributed by atoms with Crippen molar-refractivity contribution in [3.8, 4) is 0 Å². The number of carboxylic acid groups (broad SMARTS) is 1. The van der Waals surface area contributed by atoms with Crippen molar-refractivity contribution < 1.29 is 9.90 Å². The zero-order chi connectivity index (χ0) is 14.4. The van der Waals surface area contributed by atoms with Crippen LogP contribution in [0.1, 0.15) is 36.0 Å². The molecule has 2 fully saturated rings. The van der Waals surface area contributed by atoms with Gasteiger partial charge in [0, 0.05) is 17.1 Å². The Morgan fingerprint density at radius 3 is 2.19 bits per heavy atom. The molecular weight excluding hydrogens is 262 g/mol. The Kier molecular flexibility index (Phi) is 2.88. The van der Waals surface area contributed by atoms with E-state index in [9.17, 15) is 9.90 Å². The molecule has 0 spiro atoms. The average Bonchev–Trinajstić information content (AvgIpc) is 3.38. The van der Waals surface area contributed by atoms with Gasteiger partial charge in [0.15, 0.2) is 0 Å². The fraction of sp³-hybridized carbons (Fsp3) is 0.389. The van der Waals surface area contributed by atoms with Crippen LogP contribution in [0.2, 0.25) is 0 Å². The summed E-state index contributed by atoms with van der Waals surface area (Å²) in [5.74, 6) is 0.768. The number of hydrogen-bond acceptors (Lipinski definition) is 2. The lowest BCUT2D eigenvalue weighted by atomic mass is 10.0. The van der Waals surface area contributed by atoms with Crippen molar-refractivity contribution in [1.29, 1.82) is 0 Å². The zero-order valence-corrected chi connectivity index (χ0v) is 11.9. The molecule has 2 aromatic rings. The second kappa shape index (κ2) is 4.76. The number of rotatable bonds is 5. The standard InChI is InChI=1S/C18H19NO2/c20-18(21)15-9-10-16(14-4-2-1-3-13(14)15)19-17(11-5-6-11)12-7-8-12/h1-4,9-12,17,19H,5-8H2,(H,20,21). The largest absolute Gasteiger partial charge is 0.478 e. The Balaban J connectivity index is 1.74. The number of carboxylic acids is 1. The molecule has 3 nitrogen and oxygen atoms in total. The molecule has 2 aliphatic rings. The van der Waals surface area contributed by atoms with Gasteiger partial charge in [-0.1, -0.05) is 24.3 Å². The Morgan fingerprint density at radius 2 is 1.62 bits per heavy atom. The number of aromatic carboxylic acids is 1. The van der Waals surface area contributed by atoms with Gasteiger partial charge >= 0.3 is 5.97 Å². The second-order valence-electron chi connectivity index (χ2n) is 6.36. The number of anilines is 1. The number of benzene rings is 2. The molecule has 0 aromatic heterocycles. The van der Waals surface area contributed by atoms with Gasteiger partial charge in [-0.2, -0.15) is 0 Å². The van der Waals surface area contributed by atoms with E-state index in [0.717, 1.165) is 28.3 Å². The number of hydrogen-bond donors (Lipinski definition) is 2. The van der Waals surface area contributed by atoms with Crippen LogP contribution in [-0.4, -0.2) is 17.1 Å². The van der Waals surface area contributed by atoms with Crippen LogP contribution in [0.4, 0.5) is 5.69 Å². The van der Waals surface area contributed by atoms with E-state index in [4.69, 9.17) is 0 Å². The highest BCUT2D eigenvalue weighted by Crippen LogP contribution is 2.46. The lowest BCUT2D eigenvalue weighted by Crippen LogP contribution is -2.24. The third-order valence-corrected chi connectivity index (χ3v) is 4.74. The number of fused-ring (bicyclic) bond motifs is 1. The van der Waals surface area contributed by atoms with Gasteiger partial charge in [-0.15, -0.1) is 0 Å². The maximum absolute atomic E-state index is 11.4. The molecule has 0 saturated heterocycles. The second-order valence-corrected chi connectivity index (χ2v) is 6.36. The fourth-order valence-electron chi connectivity index (χ4n) is 3.32. The van der Waals surface area contributed by atoms with E-state index in [1.54, 1.807) is 6.07 Å². The van der Waals surface area contributed by atoms with Crippen LogP contribution in [0.25, 0.3) is 10.8 Å². The van der Waals surface area contributed by atoms with E-state index in [1.165, 1.54) is 25.7 Å². The molecule has 2 aromatic carbocycles. The maximum Gasteiger partial charge on any atom is 0.336 e. The van der Waals surface area contributed by atoms with Gasteiger partial charge in [-0.3, -0.25) is 0 Å². The Morgan fingerprint density at radius 1 is 1.00 bits per heavy atom. The highest BCUT2D eigenvalue weighted by atomic mass is 16.4. The van der Waals surface area contributed by atoms with E-state index in [2.05, 4.69) is 5.32 Å². The molecule has 2 N–H and O–H groups in total. The van der Waals surface area contributed by atoms with Crippen LogP contribution < -0.4 is 5.32 Å². The van der Waals surface area contributed by atoms with Gasteiger partial charge in [0.2, 0.25) is 0 Å². The van der Waals surface area contributed by atoms with Gasteiger partial charge in [0.05, 0.1) is 5.56 Å². The van der Waals surface area contributed by atoms with Crippen molar-refractivity contribution in [2.45, 2.75) is 31.7 Å². The van der Waals surface area contributed by atoms with Crippen LogP contribution in [0.3, 0.4) is 0 Å². The molecule has 3 heteroatoms. The molecule has 0 heterocycles. The molecule has 2 aliphatic carbocycles. The van der Waals surface area contributed by atoms with E-state index in [-0.39, 0.29) is 0 Å². The molecule has 0 radical (unpaired) electrons. The fourth-order valence-corrected chi connectivity index (χ4v) is 3.32. The first-order valence-electron chi connectivity index (χ1n) is 7.75. The lowest BCUT2D eigenvalue weighted by molar-refractivity contribution is 0.0699. The first-order valence-corrected chi connectivity index (χ1v) is 7.75. The van der Waals surface area contributed by atoms with Gasteiger partial charge in [0.25, 0.3) is 0 Å². The van der Waals surface area contributed by atoms with Crippen molar-refractivity contribution in [3.05, 3.63) is 42.0 Å². The zero-order valence-electron chi connectivity index (χ0n) is 11.9. The van der Waals surface area contributed by atoms with E-state index >= 15 is 0 Å². The predicted molar refractivity (Wildman–Crippen MR) is 83.8 cm³/mol. The summed E-state index contributed by atoms with van der Waals surface area (Å²) < 4.78 is 0. The maximum atomic E-state index is 11.4. The summed E-state index contributed by atoms with van der Waals surface area (Å²) in [6.45, 7) is 0. The van der Waals surface area contributed by atoms with Gasteiger partial charge in [0.1, 0.15) is 0 Å². The monoisotopic (exact) mass is 281 g/mol. The van der Waals surface area contributed by atoms with Crippen LogP contribution in [-0.2, 0) is 0 Å². The van der Waals surface area contributed by atoms with E-state index in [0.29, 0.717) is 11.6 Å². The summed E-state index contributed by atoms with van der Waals surface area (Å²) in [6.07, 6.45) is 5.33. The first-order chi connectivity index (χ1) is 10.2. The summed E-state index contributed by atoms with van der Waals surface area (Å²) in [7, 11) is 0. The summed E-state index contributed by atoms with van der Waals surface area (Å²) in [6, 6.07) is 12.0. The van der Waals surface area contributed by atoms with E-state index in [1.807, 2.05) is 30.3 Å². The number of carbonyl (C=O) groups is 1. The Bertz CT molecular complexity index is 689. The molecule has 21 heavy (non-hydrogen) atoms. The molecule has 0 atom stereocenters. The van der Waals surface area contributed by atoms with Crippen LogP contribution in [0.5, 0.6) is 0 Å². The molecule has 2 saturated carbocycles. The summed E-state index contributed by atoms with van der Waals surface area (Å²) in [5.41, 5.74) is 1.46. The van der Waals surface area contributed by atoms with Gasteiger partial charge < -0.3 is 10.4 Å². The van der Waals surface area contributed by atoms with E-state index < -0.39 is 5.97 Å². The third-order valence-electron chi connectivity index (χ3n) is 4.74. The smallest absolute Gasteiger partial charge is 0.336 e. The molecule has 0 unspecified atom stereocenters. The molecular formula is C18H19NO2. The molecule has 0 bridgehead atoms. The highest BCUT2D eigenvalue weighted by molar-refractivity contribution is 6.07. The van der Waals surface area contributed by atoms with Crippen molar-refractivity contribution >= 4 is 22.4 Å². The van der Waals surface area contributed by atoms with Gasteiger partial charge in [-0.25, -0.2) is 4.79 Å². The summed E-state index contributed by atoms with van der Waals surface area (Å²) in [5, 5.41) is 14.9. The SMILES string of the molecule is O=C(O)c1ccc(NC(C2CC2)C2CC2)c2ccccc12. The Labute approximate surface area is 124 Å². The minimum atomic E-state index is -0.862. The van der Waals surface area contributed by atoms with Crippen molar-refractivity contribution in [1.82, 2.24) is 0 Å².